The second kappa shape index (κ2) is 5.37. The number of carbonyl (C=O) groups excluding carboxylic acids is 2. The number of benzene rings is 2. The Morgan fingerprint density at radius 3 is 2.33 bits per heavy atom. The van der Waals surface area contributed by atoms with E-state index in [1.165, 1.54) is 6.92 Å². The molecule has 21 heavy (non-hydrogen) atoms. The van der Waals surface area contributed by atoms with Crippen molar-refractivity contribution in [3.05, 3.63) is 60.8 Å². The molecule has 0 aliphatic carbocycles. The SMILES string of the molecule is CC(=O)CC(=O)n1cc(-c2ccccc2)c2ccccc21. The van der Waals surface area contributed by atoms with Gasteiger partial charge in [-0.2, -0.15) is 0 Å². The van der Waals surface area contributed by atoms with Crippen molar-refractivity contribution in [2.45, 2.75) is 13.3 Å². The first kappa shape index (κ1) is 13.3. The van der Waals surface area contributed by atoms with Crippen molar-refractivity contribution >= 4 is 22.6 Å². The molecular weight excluding hydrogens is 262 g/mol. The fraction of sp³-hybridized carbons (Fsp3) is 0.111. The van der Waals surface area contributed by atoms with E-state index in [-0.39, 0.29) is 18.1 Å². The first-order chi connectivity index (χ1) is 10.2. The van der Waals surface area contributed by atoms with Crippen LogP contribution in [0.3, 0.4) is 0 Å². The van der Waals surface area contributed by atoms with E-state index in [4.69, 9.17) is 0 Å². The fourth-order valence-corrected chi connectivity index (χ4v) is 2.53. The summed E-state index contributed by atoms with van der Waals surface area (Å²) in [6.45, 7) is 1.43. The molecule has 0 radical (unpaired) electrons. The molecule has 3 aromatic rings. The van der Waals surface area contributed by atoms with Crippen LogP contribution >= 0.6 is 0 Å². The third-order valence-electron chi connectivity index (χ3n) is 3.47. The van der Waals surface area contributed by atoms with Crippen LogP contribution < -0.4 is 0 Å². The van der Waals surface area contributed by atoms with Gasteiger partial charge in [-0.15, -0.1) is 0 Å². The highest BCUT2D eigenvalue weighted by Crippen LogP contribution is 2.30. The van der Waals surface area contributed by atoms with Crippen molar-refractivity contribution in [1.82, 2.24) is 4.57 Å². The van der Waals surface area contributed by atoms with E-state index in [1.54, 1.807) is 4.57 Å². The molecule has 3 heteroatoms. The molecular formula is C18H15NO2. The monoisotopic (exact) mass is 277 g/mol. The highest BCUT2D eigenvalue weighted by Gasteiger charge is 2.15. The van der Waals surface area contributed by atoms with Crippen molar-refractivity contribution < 1.29 is 9.59 Å². The summed E-state index contributed by atoms with van der Waals surface area (Å²) in [5, 5.41) is 1.01. The summed E-state index contributed by atoms with van der Waals surface area (Å²) in [6, 6.07) is 17.7. The molecule has 0 saturated heterocycles. The number of rotatable bonds is 3. The Kier molecular flexibility index (Phi) is 3.40. The molecule has 104 valence electrons. The Balaban J connectivity index is 2.19. The fourth-order valence-electron chi connectivity index (χ4n) is 2.53. The average molecular weight is 277 g/mol. The minimum Gasteiger partial charge on any atom is -0.299 e. The summed E-state index contributed by atoms with van der Waals surface area (Å²) in [6.07, 6.45) is 1.75. The molecule has 0 unspecified atom stereocenters. The van der Waals surface area contributed by atoms with Crippen molar-refractivity contribution in [3.8, 4) is 11.1 Å². The lowest BCUT2D eigenvalue weighted by Gasteiger charge is -2.01. The zero-order chi connectivity index (χ0) is 14.8. The second-order valence-corrected chi connectivity index (χ2v) is 5.07. The summed E-state index contributed by atoms with van der Waals surface area (Å²) in [4.78, 5) is 23.5. The Morgan fingerprint density at radius 2 is 1.62 bits per heavy atom. The number of Topliss-reactive ketones (excluding diaryl/α,β-unsaturated/α-hetero) is 1. The Morgan fingerprint density at radius 1 is 0.952 bits per heavy atom. The largest absolute Gasteiger partial charge is 0.299 e. The molecule has 0 aliphatic rings. The van der Waals surface area contributed by atoms with Crippen LogP contribution in [-0.4, -0.2) is 16.3 Å². The lowest BCUT2D eigenvalue weighted by molar-refractivity contribution is -0.116. The summed E-state index contributed by atoms with van der Waals surface area (Å²) in [5.74, 6) is -0.320. The Hall–Kier alpha value is -2.68. The van der Waals surface area contributed by atoms with Crippen LogP contribution in [-0.2, 0) is 4.79 Å². The standard InChI is InChI=1S/C18H15NO2/c1-13(20)11-18(21)19-12-16(14-7-3-2-4-8-14)15-9-5-6-10-17(15)19/h2-10,12H,11H2,1H3. The van der Waals surface area contributed by atoms with Gasteiger partial charge < -0.3 is 0 Å². The Bertz CT molecular complexity index is 816. The summed E-state index contributed by atoms with van der Waals surface area (Å²) in [5.41, 5.74) is 2.90. The third-order valence-corrected chi connectivity index (χ3v) is 3.47. The van der Waals surface area contributed by atoms with Gasteiger partial charge in [0.25, 0.3) is 0 Å². The van der Waals surface area contributed by atoms with Crippen molar-refractivity contribution in [2.75, 3.05) is 0 Å². The number of fused-ring (bicyclic) bond motifs is 1. The van der Waals surface area contributed by atoms with Crippen LogP contribution in [0.2, 0.25) is 0 Å². The summed E-state index contributed by atoms with van der Waals surface area (Å²) >= 11 is 0. The molecule has 0 spiro atoms. The maximum absolute atomic E-state index is 12.3. The number of hydrogen-bond donors (Lipinski definition) is 0. The first-order valence-electron chi connectivity index (χ1n) is 6.85. The molecule has 0 atom stereocenters. The predicted octanol–water partition coefficient (Wildman–Crippen LogP) is 3.93. The predicted molar refractivity (Wildman–Crippen MR) is 83.3 cm³/mol. The molecule has 0 amide bonds. The van der Waals surface area contributed by atoms with Gasteiger partial charge in [0, 0.05) is 17.1 Å². The van der Waals surface area contributed by atoms with Crippen LogP contribution in [0, 0.1) is 0 Å². The van der Waals surface area contributed by atoms with Crippen LogP contribution in [0.15, 0.2) is 60.8 Å². The molecule has 0 fully saturated rings. The quantitative estimate of drug-likeness (QED) is 0.680. The highest BCUT2D eigenvalue weighted by atomic mass is 16.2. The number of ketones is 1. The average Bonchev–Trinajstić information content (AvgIpc) is 2.87. The van der Waals surface area contributed by atoms with Crippen LogP contribution in [0.5, 0.6) is 0 Å². The molecule has 3 rings (SSSR count). The van der Waals surface area contributed by atoms with Crippen molar-refractivity contribution in [1.29, 1.82) is 0 Å². The number of carbonyl (C=O) groups is 2. The second-order valence-electron chi connectivity index (χ2n) is 5.07. The number of para-hydroxylation sites is 1. The van der Waals surface area contributed by atoms with Gasteiger partial charge in [-0.3, -0.25) is 14.2 Å². The van der Waals surface area contributed by atoms with Crippen LogP contribution in [0.4, 0.5) is 0 Å². The molecule has 1 heterocycles. The van der Waals surface area contributed by atoms with Crippen molar-refractivity contribution in [3.63, 3.8) is 0 Å². The van der Waals surface area contributed by atoms with Gasteiger partial charge in [0.05, 0.1) is 11.9 Å². The van der Waals surface area contributed by atoms with Crippen LogP contribution in [0.1, 0.15) is 18.1 Å². The van der Waals surface area contributed by atoms with Gasteiger partial charge in [0.15, 0.2) is 0 Å². The molecule has 0 bridgehead atoms. The normalized spacial score (nSPS) is 10.7. The van der Waals surface area contributed by atoms with Gasteiger partial charge in [-0.05, 0) is 18.6 Å². The zero-order valence-electron chi connectivity index (χ0n) is 11.7. The number of nitrogens with zero attached hydrogens (tertiary/aromatic N) is 1. The number of aromatic nitrogens is 1. The van der Waals surface area contributed by atoms with E-state index >= 15 is 0 Å². The topological polar surface area (TPSA) is 39.1 Å². The molecule has 2 aromatic carbocycles. The Labute approximate surface area is 122 Å². The maximum atomic E-state index is 12.3. The van der Waals surface area contributed by atoms with E-state index in [0.717, 1.165) is 22.0 Å². The minimum atomic E-state index is -0.194. The summed E-state index contributed by atoms with van der Waals surface area (Å²) in [7, 11) is 0. The third kappa shape index (κ3) is 2.50. The van der Waals surface area contributed by atoms with Crippen LogP contribution in [0.25, 0.3) is 22.0 Å². The van der Waals surface area contributed by atoms with Gasteiger partial charge in [-0.25, -0.2) is 0 Å². The van der Waals surface area contributed by atoms with E-state index in [1.807, 2.05) is 60.8 Å². The van der Waals surface area contributed by atoms with E-state index in [9.17, 15) is 9.59 Å². The first-order valence-corrected chi connectivity index (χ1v) is 6.85. The van der Waals surface area contributed by atoms with Gasteiger partial charge in [-0.1, -0.05) is 48.5 Å². The molecule has 3 nitrogen and oxygen atoms in total. The summed E-state index contributed by atoms with van der Waals surface area (Å²) < 4.78 is 1.58. The van der Waals surface area contributed by atoms with Crippen molar-refractivity contribution in [2.24, 2.45) is 0 Å². The van der Waals surface area contributed by atoms with Gasteiger partial charge in [0.2, 0.25) is 5.91 Å². The molecule has 0 N–H and O–H groups in total. The van der Waals surface area contributed by atoms with Gasteiger partial charge in [0.1, 0.15) is 5.78 Å². The van der Waals surface area contributed by atoms with Gasteiger partial charge >= 0.3 is 0 Å². The zero-order valence-corrected chi connectivity index (χ0v) is 11.7. The molecule has 0 aliphatic heterocycles. The molecule has 0 saturated carbocycles. The van der Waals surface area contributed by atoms with E-state index < -0.39 is 0 Å². The van der Waals surface area contributed by atoms with E-state index in [2.05, 4.69) is 0 Å². The highest BCUT2D eigenvalue weighted by molar-refractivity contribution is 6.06. The lowest BCUT2D eigenvalue weighted by Crippen LogP contribution is -2.12. The minimum absolute atomic E-state index is 0.0765. The molecule has 1 aromatic heterocycles. The number of hydrogen-bond acceptors (Lipinski definition) is 2. The van der Waals surface area contributed by atoms with E-state index in [0.29, 0.717) is 0 Å². The smallest absolute Gasteiger partial charge is 0.238 e. The maximum Gasteiger partial charge on any atom is 0.238 e. The lowest BCUT2D eigenvalue weighted by atomic mass is 10.1.